The molecule has 1 heterocycles. The van der Waals surface area contributed by atoms with Crippen LogP contribution in [-0.4, -0.2) is 16.0 Å². The number of phenolic OH excluding ortho intramolecular Hbond substituents is 2. The first kappa shape index (κ1) is 14.6. The summed E-state index contributed by atoms with van der Waals surface area (Å²) in [7, 11) is 0. The van der Waals surface area contributed by atoms with Crippen LogP contribution in [0.25, 0.3) is 17.0 Å². The predicted molar refractivity (Wildman–Crippen MR) is 85.6 cm³/mol. The molecule has 0 radical (unpaired) electrons. The lowest BCUT2D eigenvalue weighted by atomic mass is 10.1. The highest BCUT2D eigenvalue weighted by atomic mass is 16.4. The average molecular weight is 308 g/mol. The van der Waals surface area contributed by atoms with Gasteiger partial charge in [-0.25, -0.2) is 4.79 Å². The number of fused-ring (bicyclic) bond motifs is 1. The number of ketones is 1. The van der Waals surface area contributed by atoms with Gasteiger partial charge >= 0.3 is 5.63 Å². The molecule has 0 aliphatic rings. The minimum atomic E-state index is -0.570. The van der Waals surface area contributed by atoms with Crippen LogP contribution in [0, 0.1) is 0 Å². The van der Waals surface area contributed by atoms with E-state index in [1.54, 1.807) is 6.07 Å². The van der Waals surface area contributed by atoms with E-state index in [-0.39, 0.29) is 22.9 Å². The monoisotopic (exact) mass is 308 g/mol. The zero-order chi connectivity index (χ0) is 16.4. The number of aromatic hydroxyl groups is 2. The van der Waals surface area contributed by atoms with Gasteiger partial charge in [0.05, 0.1) is 0 Å². The first-order valence-corrected chi connectivity index (χ1v) is 6.81. The van der Waals surface area contributed by atoms with Gasteiger partial charge in [-0.2, -0.15) is 0 Å². The van der Waals surface area contributed by atoms with Crippen LogP contribution in [0.3, 0.4) is 0 Å². The summed E-state index contributed by atoms with van der Waals surface area (Å²) < 4.78 is 5.03. The SMILES string of the molecule is O=C(/C=C/c1cc(=O)oc2cc(O)ccc12)c1ccc(O)cc1. The number of benzene rings is 2. The smallest absolute Gasteiger partial charge is 0.336 e. The largest absolute Gasteiger partial charge is 0.508 e. The van der Waals surface area contributed by atoms with Crippen LogP contribution in [0.5, 0.6) is 11.5 Å². The molecule has 2 aromatic carbocycles. The molecule has 0 spiro atoms. The molecule has 0 aliphatic carbocycles. The molecule has 0 bridgehead atoms. The molecule has 114 valence electrons. The molecule has 0 aliphatic heterocycles. The number of carbonyl (C=O) groups is 1. The van der Waals surface area contributed by atoms with E-state index in [1.807, 2.05) is 0 Å². The van der Waals surface area contributed by atoms with Crippen LogP contribution in [-0.2, 0) is 0 Å². The van der Waals surface area contributed by atoms with E-state index in [1.165, 1.54) is 54.6 Å². The van der Waals surface area contributed by atoms with Crippen LogP contribution in [0.4, 0.5) is 0 Å². The molecule has 23 heavy (non-hydrogen) atoms. The van der Waals surface area contributed by atoms with Gasteiger partial charge in [0.15, 0.2) is 5.78 Å². The van der Waals surface area contributed by atoms with Gasteiger partial charge in [0.1, 0.15) is 17.1 Å². The maximum atomic E-state index is 12.1. The normalized spacial score (nSPS) is 11.1. The van der Waals surface area contributed by atoms with E-state index in [0.29, 0.717) is 16.5 Å². The number of hydrogen-bond acceptors (Lipinski definition) is 5. The first-order valence-electron chi connectivity index (χ1n) is 6.81. The lowest BCUT2D eigenvalue weighted by Crippen LogP contribution is -1.98. The lowest BCUT2D eigenvalue weighted by Gasteiger charge is -2.01. The van der Waals surface area contributed by atoms with Gasteiger partial charge in [0.2, 0.25) is 0 Å². The Bertz CT molecular complexity index is 965. The second kappa shape index (κ2) is 5.81. The third-order valence-electron chi connectivity index (χ3n) is 3.33. The summed E-state index contributed by atoms with van der Waals surface area (Å²) in [5.41, 5.74) is 0.612. The van der Waals surface area contributed by atoms with E-state index in [4.69, 9.17) is 4.42 Å². The lowest BCUT2D eigenvalue weighted by molar-refractivity contribution is 0.104. The summed E-state index contributed by atoms with van der Waals surface area (Å²) >= 11 is 0. The third-order valence-corrected chi connectivity index (χ3v) is 3.33. The van der Waals surface area contributed by atoms with Crippen LogP contribution < -0.4 is 5.63 Å². The van der Waals surface area contributed by atoms with Gasteiger partial charge in [-0.3, -0.25) is 4.79 Å². The van der Waals surface area contributed by atoms with E-state index in [9.17, 15) is 19.8 Å². The molecule has 0 unspecified atom stereocenters. The van der Waals surface area contributed by atoms with E-state index in [0.717, 1.165) is 0 Å². The van der Waals surface area contributed by atoms with Crippen molar-refractivity contribution < 1.29 is 19.4 Å². The van der Waals surface area contributed by atoms with Gasteiger partial charge in [-0.15, -0.1) is 0 Å². The molecule has 0 fully saturated rings. The average Bonchev–Trinajstić information content (AvgIpc) is 2.52. The van der Waals surface area contributed by atoms with Gasteiger partial charge < -0.3 is 14.6 Å². The molecule has 0 saturated heterocycles. The molecule has 0 saturated carbocycles. The maximum absolute atomic E-state index is 12.1. The quantitative estimate of drug-likeness (QED) is 0.441. The Labute approximate surface area is 130 Å². The molecule has 0 atom stereocenters. The van der Waals surface area contributed by atoms with E-state index in [2.05, 4.69) is 0 Å². The summed E-state index contributed by atoms with van der Waals surface area (Å²) in [4.78, 5) is 23.7. The maximum Gasteiger partial charge on any atom is 0.336 e. The molecule has 1 aromatic heterocycles. The van der Waals surface area contributed by atoms with Crippen LogP contribution in [0.1, 0.15) is 15.9 Å². The Morgan fingerprint density at radius 3 is 2.39 bits per heavy atom. The highest BCUT2D eigenvalue weighted by molar-refractivity contribution is 6.07. The molecule has 5 nitrogen and oxygen atoms in total. The minimum Gasteiger partial charge on any atom is -0.508 e. The van der Waals surface area contributed by atoms with Crippen molar-refractivity contribution in [2.45, 2.75) is 0 Å². The summed E-state index contributed by atoms with van der Waals surface area (Å²) in [5, 5.41) is 19.3. The second-order valence-electron chi connectivity index (χ2n) is 4.95. The van der Waals surface area contributed by atoms with Crippen molar-refractivity contribution >= 4 is 22.8 Å². The molecular formula is C18H12O5. The van der Waals surface area contributed by atoms with Crippen molar-refractivity contribution in [3.8, 4) is 11.5 Å². The highest BCUT2D eigenvalue weighted by Crippen LogP contribution is 2.22. The fourth-order valence-electron chi connectivity index (χ4n) is 2.20. The fraction of sp³-hybridized carbons (Fsp3) is 0. The molecule has 2 N–H and O–H groups in total. The number of phenols is 2. The number of allylic oxidation sites excluding steroid dienone is 1. The second-order valence-corrected chi connectivity index (χ2v) is 4.95. The van der Waals surface area contributed by atoms with E-state index >= 15 is 0 Å². The molecule has 0 amide bonds. The van der Waals surface area contributed by atoms with E-state index < -0.39 is 5.63 Å². The molecule has 3 aromatic rings. The Balaban J connectivity index is 1.99. The summed E-state index contributed by atoms with van der Waals surface area (Å²) in [6.45, 7) is 0. The molecule has 3 rings (SSSR count). The fourth-order valence-corrected chi connectivity index (χ4v) is 2.20. The Hall–Kier alpha value is -3.34. The molecule has 5 heteroatoms. The van der Waals surface area contributed by atoms with Crippen LogP contribution >= 0.6 is 0 Å². The molecular weight excluding hydrogens is 296 g/mol. The minimum absolute atomic E-state index is 0.0121. The van der Waals surface area contributed by atoms with Gasteiger partial charge in [0, 0.05) is 23.1 Å². The first-order chi connectivity index (χ1) is 11.0. The van der Waals surface area contributed by atoms with Crippen molar-refractivity contribution in [2.75, 3.05) is 0 Å². The summed E-state index contributed by atoms with van der Waals surface area (Å²) in [5.74, 6) is -0.191. The van der Waals surface area contributed by atoms with Crippen LogP contribution in [0.2, 0.25) is 0 Å². The highest BCUT2D eigenvalue weighted by Gasteiger charge is 2.06. The zero-order valence-corrected chi connectivity index (χ0v) is 11.9. The van der Waals surface area contributed by atoms with Gasteiger partial charge in [0.25, 0.3) is 0 Å². The van der Waals surface area contributed by atoms with Gasteiger partial charge in [-0.1, -0.05) is 6.08 Å². The summed E-state index contributed by atoms with van der Waals surface area (Å²) in [6.07, 6.45) is 2.86. The Morgan fingerprint density at radius 1 is 0.957 bits per heavy atom. The van der Waals surface area contributed by atoms with Crippen molar-refractivity contribution in [3.63, 3.8) is 0 Å². The predicted octanol–water partition coefficient (Wildman–Crippen LogP) is 3.10. The number of rotatable bonds is 3. The Morgan fingerprint density at radius 2 is 1.65 bits per heavy atom. The van der Waals surface area contributed by atoms with Crippen molar-refractivity contribution in [1.29, 1.82) is 0 Å². The number of hydrogen-bond donors (Lipinski definition) is 2. The van der Waals surface area contributed by atoms with Crippen molar-refractivity contribution in [3.05, 3.63) is 76.2 Å². The standard InChI is InChI=1S/C18H12O5/c19-13-4-1-11(2-5-13)16(21)8-3-12-9-18(22)23-17-10-14(20)6-7-15(12)17/h1-10,19-20H/b8-3+. The van der Waals surface area contributed by atoms with Crippen LogP contribution in [0.15, 0.2) is 63.8 Å². The van der Waals surface area contributed by atoms with Gasteiger partial charge in [-0.05, 0) is 48.0 Å². The zero-order valence-electron chi connectivity index (χ0n) is 11.9. The third kappa shape index (κ3) is 3.13. The van der Waals surface area contributed by atoms with Crippen molar-refractivity contribution in [2.24, 2.45) is 0 Å². The van der Waals surface area contributed by atoms with Crippen molar-refractivity contribution in [1.82, 2.24) is 0 Å². The summed E-state index contributed by atoms with van der Waals surface area (Å²) in [6, 6.07) is 11.6. The topological polar surface area (TPSA) is 87.7 Å². The Kier molecular flexibility index (Phi) is 3.68. The number of carbonyl (C=O) groups excluding carboxylic acids is 1.